The molecule has 0 saturated heterocycles. The molecule has 0 fully saturated rings. The Morgan fingerprint density at radius 2 is 1.88 bits per heavy atom. The summed E-state index contributed by atoms with van der Waals surface area (Å²) in [6.45, 7) is -0.533. The summed E-state index contributed by atoms with van der Waals surface area (Å²) in [6, 6.07) is 8.44. The maximum Gasteiger partial charge on any atom is 0.421 e. The lowest BCUT2D eigenvalue weighted by Crippen LogP contribution is -2.36. The minimum absolute atomic E-state index is 0.215. The summed E-state index contributed by atoms with van der Waals surface area (Å²) >= 11 is 0. The van der Waals surface area contributed by atoms with Gasteiger partial charge in [-0.05, 0) is 24.3 Å². The van der Waals surface area contributed by atoms with E-state index in [1.54, 1.807) is 24.3 Å². The maximum atomic E-state index is 12.9. The molecule has 0 unspecified atom stereocenters. The third-order valence-electron chi connectivity index (χ3n) is 3.52. The Labute approximate surface area is 138 Å². The Morgan fingerprint density at radius 3 is 2.64 bits per heavy atom. The molecule has 3 aromatic rings. The summed E-state index contributed by atoms with van der Waals surface area (Å²) in [4.78, 5) is 30.4. The quantitative estimate of drug-likeness (QED) is 0.782. The average molecular weight is 351 g/mol. The summed E-state index contributed by atoms with van der Waals surface area (Å²) in [7, 11) is 0. The molecule has 0 saturated carbocycles. The van der Waals surface area contributed by atoms with E-state index in [0.717, 1.165) is 16.7 Å². The largest absolute Gasteiger partial charge is 0.475 e. The molecule has 130 valence electrons. The second-order valence-corrected chi connectivity index (χ2v) is 5.13. The van der Waals surface area contributed by atoms with Crippen molar-refractivity contribution in [1.29, 1.82) is 0 Å². The fraction of sp³-hybridized carbons (Fsp3) is 0.188. The number of aromatic nitrogens is 3. The van der Waals surface area contributed by atoms with Gasteiger partial charge < -0.3 is 9.72 Å². The van der Waals surface area contributed by atoms with E-state index < -0.39 is 28.9 Å². The molecule has 0 radical (unpaired) electrons. The van der Waals surface area contributed by atoms with Gasteiger partial charge in [0.25, 0.3) is 5.56 Å². The number of rotatable bonds is 4. The summed E-state index contributed by atoms with van der Waals surface area (Å²) in [5.41, 5.74) is -1.84. The number of pyridine rings is 1. The standard InChI is InChI=1S/C16H12F3N3O3/c17-16(18,19)11-5-3-7-20-13(11)25-9-8-22-14(23)10-4-1-2-6-12(10)21-15(22)24/h1-7H,8-9H2,(H,21,24). The van der Waals surface area contributed by atoms with E-state index in [4.69, 9.17) is 4.74 Å². The number of H-pyrrole nitrogens is 1. The monoisotopic (exact) mass is 351 g/mol. The molecular formula is C16H12F3N3O3. The van der Waals surface area contributed by atoms with E-state index in [-0.39, 0.29) is 13.2 Å². The maximum absolute atomic E-state index is 12.9. The second-order valence-electron chi connectivity index (χ2n) is 5.13. The average Bonchev–Trinajstić information content (AvgIpc) is 2.57. The lowest BCUT2D eigenvalue weighted by atomic mass is 10.2. The number of benzene rings is 1. The highest BCUT2D eigenvalue weighted by Crippen LogP contribution is 2.34. The molecule has 3 rings (SSSR count). The number of para-hydroxylation sites is 1. The van der Waals surface area contributed by atoms with Gasteiger partial charge in [-0.1, -0.05) is 12.1 Å². The number of nitrogens with zero attached hydrogens (tertiary/aromatic N) is 2. The van der Waals surface area contributed by atoms with Crippen LogP contribution in [0.25, 0.3) is 10.9 Å². The Hall–Kier alpha value is -3.10. The first kappa shape index (κ1) is 16.7. The lowest BCUT2D eigenvalue weighted by Gasteiger charge is -2.12. The summed E-state index contributed by atoms with van der Waals surface area (Å²) < 4.78 is 44.5. The Balaban J connectivity index is 1.83. The van der Waals surface area contributed by atoms with Crippen LogP contribution in [0.1, 0.15) is 5.56 Å². The molecule has 1 N–H and O–H groups in total. The van der Waals surface area contributed by atoms with Gasteiger partial charge in [0.1, 0.15) is 12.2 Å². The van der Waals surface area contributed by atoms with Crippen LogP contribution in [0.15, 0.2) is 52.2 Å². The van der Waals surface area contributed by atoms with Crippen LogP contribution in [-0.4, -0.2) is 21.1 Å². The second kappa shape index (κ2) is 6.42. The normalized spacial score (nSPS) is 11.6. The highest BCUT2D eigenvalue weighted by atomic mass is 19.4. The molecule has 0 aliphatic carbocycles. The van der Waals surface area contributed by atoms with Crippen molar-refractivity contribution in [3.63, 3.8) is 0 Å². The molecule has 9 heteroatoms. The number of hydrogen-bond donors (Lipinski definition) is 1. The zero-order valence-corrected chi connectivity index (χ0v) is 12.7. The fourth-order valence-corrected chi connectivity index (χ4v) is 2.36. The van der Waals surface area contributed by atoms with E-state index in [0.29, 0.717) is 10.9 Å². The number of halogens is 3. The van der Waals surface area contributed by atoms with E-state index >= 15 is 0 Å². The van der Waals surface area contributed by atoms with Crippen molar-refractivity contribution >= 4 is 10.9 Å². The van der Waals surface area contributed by atoms with Gasteiger partial charge in [0.15, 0.2) is 0 Å². The topological polar surface area (TPSA) is 77.0 Å². The van der Waals surface area contributed by atoms with Crippen molar-refractivity contribution in [3.05, 3.63) is 69.0 Å². The number of aromatic amines is 1. The zero-order chi connectivity index (χ0) is 18.0. The van der Waals surface area contributed by atoms with Gasteiger partial charge in [-0.25, -0.2) is 9.78 Å². The van der Waals surface area contributed by atoms with E-state index in [9.17, 15) is 22.8 Å². The Kier molecular flexibility index (Phi) is 4.30. The molecule has 2 heterocycles. The highest BCUT2D eigenvalue weighted by molar-refractivity contribution is 5.76. The number of ether oxygens (including phenoxy) is 1. The molecule has 0 spiro atoms. The van der Waals surface area contributed by atoms with Crippen molar-refractivity contribution in [2.24, 2.45) is 0 Å². The van der Waals surface area contributed by atoms with Crippen molar-refractivity contribution in [2.45, 2.75) is 12.7 Å². The van der Waals surface area contributed by atoms with Gasteiger partial charge in [-0.2, -0.15) is 13.2 Å². The third kappa shape index (κ3) is 3.39. The van der Waals surface area contributed by atoms with Gasteiger partial charge in [-0.15, -0.1) is 0 Å². The number of alkyl halides is 3. The van der Waals surface area contributed by atoms with Crippen LogP contribution in [0.4, 0.5) is 13.2 Å². The Bertz CT molecular complexity index is 1020. The fourth-order valence-electron chi connectivity index (χ4n) is 2.36. The van der Waals surface area contributed by atoms with Crippen LogP contribution >= 0.6 is 0 Å². The molecular weight excluding hydrogens is 339 g/mol. The summed E-state index contributed by atoms with van der Waals surface area (Å²) in [5.74, 6) is -0.597. The molecule has 0 aliphatic heterocycles. The minimum Gasteiger partial charge on any atom is -0.475 e. The van der Waals surface area contributed by atoms with Crippen molar-refractivity contribution < 1.29 is 17.9 Å². The smallest absolute Gasteiger partial charge is 0.421 e. The minimum atomic E-state index is -4.61. The highest BCUT2D eigenvalue weighted by Gasteiger charge is 2.35. The van der Waals surface area contributed by atoms with Gasteiger partial charge in [0.2, 0.25) is 5.88 Å². The third-order valence-corrected chi connectivity index (χ3v) is 3.52. The molecule has 6 nitrogen and oxygen atoms in total. The first-order chi connectivity index (χ1) is 11.9. The predicted octanol–water partition coefficient (Wildman–Crippen LogP) is 2.18. The van der Waals surface area contributed by atoms with E-state index in [1.165, 1.54) is 6.20 Å². The molecule has 0 aliphatic rings. The molecule has 0 bridgehead atoms. The van der Waals surface area contributed by atoms with Gasteiger partial charge in [0, 0.05) is 6.20 Å². The van der Waals surface area contributed by atoms with E-state index in [2.05, 4.69) is 9.97 Å². The number of hydrogen-bond acceptors (Lipinski definition) is 4. The van der Waals surface area contributed by atoms with Crippen LogP contribution in [0.3, 0.4) is 0 Å². The van der Waals surface area contributed by atoms with Crippen LogP contribution in [0.2, 0.25) is 0 Å². The molecule has 1 aromatic carbocycles. The summed E-state index contributed by atoms with van der Waals surface area (Å²) in [6.07, 6.45) is -3.44. The SMILES string of the molecule is O=c1[nH]c2ccccc2c(=O)n1CCOc1ncccc1C(F)(F)F. The van der Waals surface area contributed by atoms with Crippen LogP contribution in [0, 0.1) is 0 Å². The van der Waals surface area contributed by atoms with Gasteiger partial charge >= 0.3 is 11.9 Å². The first-order valence-electron chi connectivity index (χ1n) is 7.25. The zero-order valence-electron chi connectivity index (χ0n) is 12.7. The molecule has 2 aromatic heterocycles. The van der Waals surface area contributed by atoms with Crippen LogP contribution in [0.5, 0.6) is 5.88 Å². The predicted molar refractivity (Wildman–Crippen MR) is 83.6 cm³/mol. The lowest BCUT2D eigenvalue weighted by molar-refractivity contribution is -0.139. The molecule has 0 amide bonds. The van der Waals surface area contributed by atoms with Crippen LogP contribution < -0.4 is 16.0 Å². The van der Waals surface area contributed by atoms with Crippen LogP contribution in [-0.2, 0) is 12.7 Å². The van der Waals surface area contributed by atoms with E-state index in [1.807, 2.05) is 0 Å². The van der Waals surface area contributed by atoms with Crippen molar-refractivity contribution in [3.8, 4) is 5.88 Å². The first-order valence-corrected chi connectivity index (χ1v) is 7.25. The van der Waals surface area contributed by atoms with Crippen molar-refractivity contribution in [2.75, 3.05) is 6.61 Å². The summed E-state index contributed by atoms with van der Waals surface area (Å²) in [5, 5.41) is 0.302. The van der Waals surface area contributed by atoms with Crippen molar-refractivity contribution in [1.82, 2.24) is 14.5 Å². The number of fused-ring (bicyclic) bond motifs is 1. The number of nitrogens with one attached hydrogen (secondary N) is 1. The molecule has 0 atom stereocenters. The Morgan fingerprint density at radius 1 is 1.12 bits per heavy atom. The molecule has 25 heavy (non-hydrogen) atoms. The van der Waals surface area contributed by atoms with Gasteiger partial charge in [-0.3, -0.25) is 9.36 Å². The van der Waals surface area contributed by atoms with Gasteiger partial charge in [0.05, 0.1) is 17.4 Å².